The first kappa shape index (κ1) is 13.6. The first-order chi connectivity index (χ1) is 8.08. The van der Waals surface area contributed by atoms with Gasteiger partial charge in [-0.15, -0.1) is 11.8 Å². The molecule has 0 heterocycles. The first-order valence-corrected chi connectivity index (χ1v) is 6.31. The molecule has 0 saturated carbocycles. The number of anilines is 1. The van der Waals surface area contributed by atoms with Crippen LogP contribution in [-0.4, -0.2) is 24.1 Å². The Kier molecular flexibility index (Phi) is 5.56. The van der Waals surface area contributed by atoms with Crippen LogP contribution in [0.4, 0.5) is 5.69 Å². The van der Waals surface area contributed by atoms with E-state index in [1.54, 1.807) is 11.8 Å². The van der Waals surface area contributed by atoms with Crippen LogP contribution in [0, 0.1) is 0 Å². The number of amides is 2. The van der Waals surface area contributed by atoms with Crippen molar-refractivity contribution in [2.75, 3.05) is 17.6 Å². The number of benzene rings is 1. The Hall–Kier alpha value is -1.49. The van der Waals surface area contributed by atoms with Crippen LogP contribution < -0.4 is 10.6 Å². The molecule has 0 unspecified atom stereocenters. The van der Waals surface area contributed by atoms with Crippen molar-refractivity contribution >= 4 is 29.3 Å². The quantitative estimate of drug-likeness (QED) is 0.621. The SMILES string of the molecule is CC(=O)NCCSc1ccc(NC(C)=O)cc1. The lowest BCUT2D eigenvalue weighted by Gasteiger charge is -2.05. The van der Waals surface area contributed by atoms with Crippen molar-refractivity contribution < 1.29 is 9.59 Å². The van der Waals surface area contributed by atoms with Crippen LogP contribution in [0.2, 0.25) is 0 Å². The van der Waals surface area contributed by atoms with Crippen molar-refractivity contribution in [2.24, 2.45) is 0 Å². The monoisotopic (exact) mass is 252 g/mol. The third kappa shape index (κ3) is 5.97. The van der Waals surface area contributed by atoms with Gasteiger partial charge in [0.1, 0.15) is 0 Å². The summed E-state index contributed by atoms with van der Waals surface area (Å²) < 4.78 is 0. The molecule has 1 aromatic rings. The summed E-state index contributed by atoms with van der Waals surface area (Å²) in [5.41, 5.74) is 0.795. The highest BCUT2D eigenvalue weighted by Crippen LogP contribution is 2.19. The highest BCUT2D eigenvalue weighted by atomic mass is 32.2. The normalized spacial score (nSPS) is 9.76. The Bertz CT molecular complexity index is 390. The minimum absolute atomic E-state index is 0.00777. The molecule has 2 N–H and O–H groups in total. The zero-order valence-corrected chi connectivity index (χ0v) is 10.8. The number of thioether (sulfide) groups is 1. The van der Waals surface area contributed by atoms with Gasteiger partial charge in [0, 0.05) is 36.7 Å². The Labute approximate surface area is 105 Å². The topological polar surface area (TPSA) is 58.2 Å². The molecule has 5 heteroatoms. The molecule has 0 aliphatic carbocycles. The highest BCUT2D eigenvalue weighted by Gasteiger charge is 1.97. The second-order valence-corrected chi connectivity index (χ2v) is 4.71. The molecule has 0 bridgehead atoms. The maximum Gasteiger partial charge on any atom is 0.221 e. The van der Waals surface area contributed by atoms with Crippen LogP contribution in [0.25, 0.3) is 0 Å². The second kappa shape index (κ2) is 6.96. The van der Waals surface area contributed by atoms with Crippen molar-refractivity contribution in [2.45, 2.75) is 18.7 Å². The molecule has 0 radical (unpaired) electrons. The lowest BCUT2D eigenvalue weighted by atomic mass is 10.3. The summed E-state index contributed by atoms with van der Waals surface area (Å²) in [6.07, 6.45) is 0. The van der Waals surface area contributed by atoms with E-state index in [0.717, 1.165) is 16.3 Å². The molecule has 0 atom stereocenters. The molecule has 0 aliphatic heterocycles. The van der Waals surface area contributed by atoms with Gasteiger partial charge in [-0.25, -0.2) is 0 Å². The summed E-state index contributed by atoms with van der Waals surface area (Å²) in [5, 5.41) is 5.45. The van der Waals surface area contributed by atoms with E-state index in [4.69, 9.17) is 0 Å². The van der Waals surface area contributed by atoms with Gasteiger partial charge in [-0.05, 0) is 24.3 Å². The van der Waals surface area contributed by atoms with Crippen LogP contribution >= 0.6 is 11.8 Å². The van der Waals surface area contributed by atoms with Gasteiger partial charge in [0.15, 0.2) is 0 Å². The molecule has 0 aromatic heterocycles. The maximum absolute atomic E-state index is 10.8. The summed E-state index contributed by atoms with van der Waals surface area (Å²) in [4.78, 5) is 22.6. The van der Waals surface area contributed by atoms with Gasteiger partial charge in [0.05, 0.1) is 0 Å². The van der Waals surface area contributed by atoms with Crippen molar-refractivity contribution in [3.8, 4) is 0 Å². The molecule has 1 rings (SSSR count). The summed E-state index contributed by atoms with van der Waals surface area (Å²) in [6.45, 7) is 3.65. The van der Waals surface area contributed by atoms with Crippen LogP contribution in [-0.2, 0) is 9.59 Å². The zero-order valence-electron chi connectivity index (χ0n) is 9.95. The Morgan fingerprint density at radius 2 is 1.76 bits per heavy atom. The van der Waals surface area contributed by atoms with Gasteiger partial charge in [-0.2, -0.15) is 0 Å². The lowest BCUT2D eigenvalue weighted by molar-refractivity contribution is -0.119. The Morgan fingerprint density at radius 3 is 2.29 bits per heavy atom. The fourth-order valence-electron chi connectivity index (χ4n) is 1.23. The van der Waals surface area contributed by atoms with E-state index < -0.39 is 0 Å². The molecule has 1 aromatic carbocycles. The molecule has 0 fully saturated rings. The first-order valence-electron chi connectivity index (χ1n) is 5.33. The van der Waals surface area contributed by atoms with E-state index in [1.807, 2.05) is 24.3 Å². The van der Waals surface area contributed by atoms with Crippen LogP contribution in [0.5, 0.6) is 0 Å². The molecule has 0 aliphatic rings. The predicted molar refractivity (Wildman–Crippen MR) is 70.2 cm³/mol. The van der Waals surface area contributed by atoms with Crippen molar-refractivity contribution in [1.29, 1.82) is 0 Å². The van der Waals surface area contributed by atoms with Gasteiger partial charge in [0.2, 0.25) is 11.8 Å². The Morgan fingerprint density at radius 1 is 1.12 bits per heavy atom. The number of hydrogen-bond donors (Lipinski definition) is 2. The van der Waals surface area contributed by atoms with Crippen molar-refractivity contribution in [1.82, 2.24) is 5.32 Å². The van der Waals surface area contributed by atoms with Crippen LogP contribution in [0.3, 0.4) is 0 Å². The Balaban J connectivity index is 2.35. The van der Waals surface area contributed by atoms with Gasteiger partial charge >= 0.3 is 0 Å². The smallest absolute Gasteiger partial charge is 0.221 e. The van der Waals surface area contributed by atoms with Crippen molar-refractivity contribution in [3.63, 3.8) is 0 Å². The molecule has 4 nitrogen and oxygen atoms in total. The number of hydrogen-bond acceptors (Lipinski definition) is 3. The summed E-state index contributed by atoms with van der Waals surface area (Å²) in [5.74, 6) is 0.752. The second-order valence-electron chi connectivity index (χ2n) is 3.54. The minimum Gasteiger partial charge on any atom is -0.356 e. The van der Waals surface area contributed by atoms with Crippen LogP contribution in [0.1, 0.15) is 13.8 Å². The molecule has 92 valence electrons. The number of nitrogens with one attached hydrogen (secondary N) is 2. The minimum atomic E-state index is -0.0731. The molecule has 17 heavy (non-hydrogen) atoms. The average molecular weight is 252 g/mol. The lowest BCUT2D eigenvalue weighted by Crippen LogP contribution is -2.22. The number of rotatable bonds is 5. The number of carbonyl (C=O) groups excluding carboxylic acids is 2. The summed E-state index contributed by atoms with van der Waals surface area (Å²) in [6, 6.07) is 7.62. The van der Waals surface area contributed by atoms with E-state index >= 15 is 0 Å². The van der Waals surface area contributed by atoms with Gasteiger partial charge in [-0.3, -0.25) is 9.59 Å². The highest BCUT2D eigenvalue weighted by molar-refractivity contribution is 7.99. The van der Waals surface area contributed by atoms with Crippen LogP contribution in [0.15, 0.2) is 29.2 Å². The molecule has 0 saturated heterocycles. The van der Waals surface area contributed by atoms with E-state index in [2.05, 4.69) is 10.6 Å². The van der Waals surface area contributed by atoms with Gasteiger partial charge in [0.25, 0.3) is 0 Å². The maximum atomic E-state index is 10.8. The van der Waals surface area contributed by atoms with Crippen molar-refractivity contribution in [3.05, 3.63) is 24.3 Å². The molecular formula is C12H16N2O2S. The van der Waals surface area contributed by atoms with E-state index in [0.29, 0.717) is 6.54 Å². The third-order valence-corrected chi connectivity index (χ3v) is 2.93. The molecular weight excluding hydrogens is 236 g/mol. The largest absolute Gasteiger partial charge is 0.356 e. The fraction of sp³-hybridized carbons (Fsp3) is 0.333. The summed E-state index contributed by atoms with van der Waals surface area (Å²) >= 11 is 1.66. The fourth-order valence-corrected chi connectivity index (χ4v) is 2.00. The van der Waals surface area contributed by atoms with E-state index in [1.165, 1.54) is 13.8 Å². The molecule has 0 spiro atoms. The standard InChI is InChI=1S/C12H16N2O2S/c1-9(15)13-7-8-17-12-5-3-11(4-6-12)14-10(2)16/h3-6H,7-8H2,1-2H3,(H,13,15)(H,14,16). The predicted octanol–water partition coefficient (Wildman–Crippen LogP) is 1.87. The summed E-state index contributed by atoms with van der Waals surface area (Å²) in [7, 11) is 0. The van der Waals surface area contributed by atoms with Gasteiger partial charge in [-0.1, -0.05) is 0 Å². The molecule has 2 amide bonds. The van der Waals surface area contributed by atoms with E-state index in [9.17, 15) is 9.59 Å². The average Bonchev–Trinajstić information content (AvgIpc) is 2.25. The third-order valence-electron chi connectivity index (χ3n) is 1.92. The number of carbonyl (C=O) groups is 2. The van der Waals surface area contributed by atoms with E-state index in [-0.39, 0.29) is 11.8 Å². The zero-order chi connectivity index (χ0) is 12.7. The van der Waals surface area contributed by atoms with Gasteiger partial charge < -0.3 is 10.6 Å².